The lowest BCUT2D eigenvalue weighted by molar-refractivity contribution is 0.0954. The third-order valence-corrected chi connectivity index (χ3v) is 3.41. The fraction of sp³-hybridized carbons (Fsp3) is 0.133. The van der Waals surface area contributed by atoms with Crippen molar-refractivity contribution in [2.75, 3.05) is 0 Å². The number of hydrogen-bond acceptors (Lipinski definition) is 4. The predicted molar refractivity (Wildman–Crippen MR) is 80.3 cm³/mol. The Morgan fingerprint density at radius 2 is 2.10 bits per heavy atom. The average Bonchev–Trinajstić information content (AvgIpc) is 2.83. The van der Waals surface area contributed by atoms with Crippen molar-refractivity contribution in [1.82, 2.24) is 20.2 Å². The van der Waals surface area contributed by atoms with E-state index in [9.17, 15) is 4.79 Å². The standard InChI is InChI=1S/C15H15N5O/c1-9-7-10(5-6-17-9)14-12-8-11(15(21)18-16)3-4-13(12)20(2)19-14/h3-8H,16H2,1-2H3,(H,18,21). The molecule has 3 N–H and O–H groups in total. The zero-order chi connectivity index (χ0) is 15.0. The molecule has 0 aliphatic carbocycles. The van der Waals surface area contributed by atoms with Crippen molar-refractivity contribution in [3.63, 3.8) is 0 Å². The van der Waals surface area contributed by atoms with E-state index in [2.05, 4.69) is 15.5 Å². The SMILES string of the molecule is Cc1cc(-c2nn(C)c3ccc(C(=O)NN)cc23)ccn1. The van der Waals surface area contributed by atoms with E-state index in [0.717, 1.165) is 27.9 Å². The van der Waals surface area contributed by atoms with E-state index in [1.807, 2.05) is 32.2 Å². The summed E-state index contributed by atoms with van der Waals surface area (Å²) in [6.07, 6.45) is 1.75. The van der Waals surface area contributed by atoms with Crippen LogP contribution in [0.4, 0.5) is 0 Å². The maximum absolute atomic E-state index is 11.7. The molecule has 0 aliphatic rings. The number of amides is 1. The third-order valence-electron chi connectivity index (χ3n) is 3.41. The molecule has 6 nitrogen and oxygen atoms in total. The number of hydrazine groups is 1. The smallest absolute Gasteiger partial charge is 0.265 e. The van der Waals surface area contributed by atoms with Gasteiger partial charge in [-0.1, -0.05) is 0 Å². The minimum atomic E-state index is -0.322. The van der Waals surface area contributed by atoms with Crippen molar-refractivity contribution in [2.24, 2.45) is 12.9 Å². The molecular weight excluding hydrogens is 266 g/mol. The van der Waals surface area contributed by atoms with Crippen LogP contribution in [0.5, 0.6) is 0 Å². The number of nitrogen functional groups attached to an aromatic ring is 1. The number of nitrogens with zero attached hydrogens (tertiary/aromatic N) is 3. The zero-order valence-electron chi connectivity index (χ0n) is 11.8. The molecule has 1 aromatic carbocycles. The Kier molecular flexibility index (Phi) is 3.15. The van der Waals surface area contributed by atoms with Crippen LogP contribution >= 0.6 is 0 Å². The molecule has 0 spiro atoms. The molecule has 0 atom stereocenters. The van der Waals surface area contributed by atoms with Crippen LogP contribution in [-0.4, -0.2) is 20.7 Å². The number of carbonyl (C=O) groups excluding carboxylic acids is 1. The molecule has 2 aromatic heterocycles. The molecule has 0 radical (unpaired) electrons. The van der Waals surface area contributed by atoms with Gasteiger partial charge in [0, 0.05) is 35.5 Å². The zero-order valence-corrected chi connectivity index (χ0v) is 11.8. The van der Waals surface area contributed by atoms with Crippen LogP contribution in [0.2, 0.25) is 0 Å². The lowest BCUT2D eigenvalue weighted by Gasteiger charge is -2.02. The first-order valence-corrected chi connectivity index (χ1v) is 6.51. The average molecular weight is 281 g/mol. The molecule has 0 unspecified atom stereocenters. The van der Waals surface area contributed by atoms with Crippen LogP contribution in [-0.2, 0) is 7.05 Å². The van der Waals surface area contributed by atoms with Gasteiger partial charge >= 0.3 is 0 Å². The van der Waals surface area contributed by atoms with Crippen LogP contribution in [0.3, 0.4) is 0 Å². The van der Waals surface area contributed by atoms with Crippen molar-refractivity contribution in [2.45, 2.75) is 6.92 Å². The summed E-state index contributed by atoms with van der Waals surface area (Å²) in [5.41, 5.74) is 6.31. The summed E-state index contributed by atoms with van der Waals surface area (Å²) >= 11 is 0. The second kappa shape index (κ2) is 4.99. The van der Waals surface area contributed by atoms with Gasteiger partial charge in [-0.3, -0.25) is 19.9 Å². The number of benzene rings is 1. The summed E-state index contributed by atoms with van der Waals surface area (Å²) in [4.78, 5) is 15.9. The molecule has 0 aliphatic heterocycles. The van der Waals surface area contributed by atoms with E-state index in [-0.39, 0.29) is 5.91 Å². The maximum Gasteiger partial charge on any atom is 0.265 e. The first kappa shape index (κ1) is 13.3. The molecule has 3 rings (SSSR count). The van der Waals surface area contributed by atoms with Crippen molar-refractivity contribution >= 4 is 16.8 Å². The normalized spacial score (nSPS) is 10.8. The Labute approximate surface area is 121 Å². The van der Waals surface area contributed by atoms with E-state index in [4.69, 9.17) is 5.84 Å². The number of rotatable bonds is 2. The first-order chi connectivity index (χ1) is 10.1. The number of fused-ring (bicyclic) bond motifs is 1. The van der Waals surface area contributed by atoms with Crippen molar-refractivity contribution < 1.29 is 4.79 Å². The highest BCUT2D eigenvalue weighted by molar-refractivity contribution is 6.01. The van der Waals surface area contributed by atoms with E-state index in [1.165, 1.54) is 0 Å². The summed E-state index contributed by atoms with van der Waals surface area (Å²) in [5.74, 6) is 4.87. The van der Waals surface area contributed by atoms with Crippen LogP contribution in [0.25, 0.3) is 22.2 Å². The number of aryl methyl sites for hydroxylation is 2. The van der Waals surface area contributed by atoms with Gasteiger partial charge in [-0.05, 0) is 37.3 Å². The number of aromatic nitrogens is 3. The van der Waals surface area contributed by atoms with Gasteiger partial charge in [-0.25, -0.2) is 5.84 Å². The number of carbonyl (C=O) groups is 1. The molecule has 0 bridgehead atoms. The summed E-state index contributed by atoms with van der Waals surface area (Å²) in [6, 6.07) is 9.27. The molecule has 1 amide bonds. The Balaban J connectivity index is 2.25. The van der Waals surface area contributed by atoms with Gasteiger partial charge in [0.25, 0.3) is 5.91 Å². The molecule has 2 heterocycles. The second-order valence-electron chi connectivity index (χ2n) is 4.86. The second-order valence-corrected chi connectivity index (χ2v) is 4.86. The Morgan fingerprint density at radius 1 is 1.29 bits per heavy atom. The Morgan fingerprint density at radius 3 is 2.81 bits per heavy atom. The molecule has 3 aromatic rings. The number of pyridine rings is 1. The maximum atomic E-state index is 11.7. The Hall–Kier alpha value is -2.73. The molecule has 6 heteroatoms. The molecule has 0 saturated carbocycles. The first-order valence-electron chi connectivity index (χ1n) is 6.51. The van der Waals surface area contributed by atoms with Gasteiger partial charge < -0.3 is 0 Å². The number of nitrogens with one attached hydrogen (secondary N) is 1. The fourth-order valence-corrected chi connectivity index (χ4v) is 2.40. The molecular formula is C15H15N5O. The van der Waals surface area contributed by atoms with Gasteiger partial charge in [-0.2, -0.15) is 5.10 Å². The molecule has 0 fully saturated rings. The van der Waals surface area contributed by atoms with Crippen molar-refractivity contribution in [3.05, 3.63) is 47.8 Å². The molecule has 106 valence electrons. The van der Waals surface area contributed by atoms with Gasteiger partial charge in [0.05, 0.1) is 5.52 Å². The van der Waals surface area contributed by atoms with Crippen LogP contribution in [0, 0.1) is 6.92 Å². The molecule has 0 saturated heterocycles. The Bertz CT molecular complexity index is 837. The largest absolute Gasteiger partial charge is 0.290 e. The van der Waals surface area contributed by atoms with Gasteiger partial charge in [0.15, 0.2) is 0 Å². The lowest BCUT2D eigenvalue weighted by atomic mass is 10.1. The van der Waals surface area contributed by atoms with Crippen molar-refractivity contribution in [1.29, 1.82) is 0 Å². The predicted octanol–water partition coefficient (Wildman–Crippen LogP) is 1.55. The van der Waals surface area contributed by atoms with E-state index in [1.54, 1.807) is 23.0 Å². The van der Waals surface area contributed by atoms with Crippen LogP contribution in [0.15, 0.2) is 36.5 Å². The summed E-state index contributed by atoms with van der Waals surface area (Å²) < 4.78 is 1.80. The molecule has 21 heavy (non-hydrogen) atoms. The van der Waals surface area contributed by atoms with Crippen LogP contribution in [0.1, 0.15) is 16.1 Å². The highest BCUT2D eigenvalue weighted by Crippen LogP contribution is 2.28. The van der Waals surface area contributed by atoms with E-state index < -0.39 is 0 Å². The summed E-state index contributed by atoms with van der Waals surface area (Å²) in [5, 5.41) is 5.46. The lowest BCUT2D eigenvalue weighted by Crippen LogP contribution is -2.29. The number of nitrogens with two attached hydrogens (primary N) is 1. The van der Waals surface area contributed by atoms with E-state index >= 15 is 0 Å². The van der Waals surface area contributed by atoms with Gasteiger partial charge in [0.2, 0.25) is 0 Å². The van der Waals surface area contributed by atoms with Crippen molar-refractivity contribution in [3.8, 4) is 11.3 Å². The van der Waals surface area contributed by atoms with Gasteiger partial charge in [0.1, 0.15) is 5.69 Å². The summed E-state index contributed by atoms with van der Waals surface area (Å²) in [7, 11) is 1.88. The number of hydrogen-bond donors (Lipinski definition) is 2. The van der Waals surface area contributed by atoms with Gasteiger partial charge in [-0.15, -0.1) is 0 Å². The minimum absolute atomic E-state index is 0.322. The highest BCUT2D eigenvalue weighted by Gasteiger charge is 2.13. The highest BCUT2D eigenvalue weighted by atomic mass is 16.2. The third kappa shape index (κ3) is 2.25. The quantitative estimate of drug-likeness (QED) is 0.424. The fourth-order valence-electron chi connectivity index (χ4n) is 2.40. The van der Waals surface area contributed by atoms with Crippen LogP contribution < -0.4 is 11.3 Å². The monoisotopic (exact) mass is 281 g/mol. The van der Waals surface area contributed by atoms with E-state index in [0.29, 0.717) is 5.56 Å². The topological polar surface area (TPSA) is 85.8 Å². The minimum Gasteiger partial charge on any atom is -0.290 e. The summed E-state index contributed by atoms with van der Waals surface area (Å²) in [6.45, 7) is 1.93.